The van der Waals surface area contributed by atoms with Gasteiger partial charge in [-0.2, -0.15) is 0 Å². The second-order valence-corrected chi connectivity index (χ2v) is 7.08. The summed E-state index contributed by atoms with van der Waals surface area (Å²) in [5.41, 5.74) is 3.28. The number of amides is 3. The third-order valence-electron chi connectivity index (χ3n) is 5.33. The highest BCUT2D eigenvalue weighted by atomic mass is 16.2. The molecule has 2 aliphatic rings. The maximum Gasteiger partial charge on any atom is 0.317 e. The minimum Gasteiger partial charge on any atom is -0.342 e. The van der Waals surface area contributed by atoms with Gasteiger partial charge in [0, 0.05) is 26.1 Å². The largest absolute Gasteiger partial charge is 0.342 e. The molecule has 3 heterocycles. The summed E-state index contributed by atoms with van der Waals surface area (Å²) in [7, 11) is 1.71. The van der Waals surface area contributed by atoms with Crippen LogP contribution < -0.4 is 5.32 Å². The van der Waals surface area contributed by atoms with Gasteiger partial charge in [0.05, 0.1) is 17.6 Å². The molecular weight excluding hydrogens is 318 g/mol. The molecule has 1 aromatic heterocycles. The van der Waals surface area contributed by atoms with E-state index in [4.69, 9.17) is 4.98 Å². The van der Waals surface area contributed by atoms with Crippen LogP contribution in [0.1, 0.15) is 30.1 Å². The van der Waals surface area contributed by atoms with E-state index in [1.54, 1.807) is 11.9 Å². The summed E-state index contributed by atoms with van der Waals surface area (Å²) in [6.07, 6.45) is 1.78. The lowest BCUT2D eigenvalue weighted by molar-refractivity contribution is -0.133. The minimum atomic E-state index is -0.414. The fraction of sp³-hybridized carbons (Fsp3) is 0.500. The van der Waals surface area contributed by atoms with Crippen molar-refractivity contribution in [3.63, 3.8) is 0 Å². The van der Waals surface area contributed by atoms with E-state index < -0.39 is 6.04 Å². The molecule has 0 unspecified atom stereocenters. The number of aromatic amines is 1. The average molecular weight is 341 g/mol. The van der Waals surface area contributed by atoms with Crippen molar-refractivity contribution in [3.05, 3.63) is 29.6 Å². The van der Waals surface area contributed by atoms with E-state index >= 15 is 0 Å². The van der Waals surface area contributed by atoms with Crippen LogP contribution in [0.25, 0.3) is 11.0 Å². The van der Waals surface area contributed by atoms with Crippen LogP contribution in [0.2, 0.25) is 0 Å². The fourth-order valence-corrected chi connectivity index (χ4v) is 3.78. The number of likely N-dealkylation sites (N-methyl/N-ethyl adjacent to an activating group) is 1. The Morgan fingerprint density at radius 1 is 1.28 bits per heavy atom. The van der Waals surface area contributed by atoms with E-state index in [9.17, 15) is 9.59 Å². The van der Waals surface area contributed by atoms with E-state index in [1.807, 2.05) is 11.0 Å². The zero-order valence-electron chi connectivity index (χ0n) is 14.6. The summed E-state index contributed by atoms with van der Waals surface area (Å²) in [6.45, 7) is 3.92. The maximum atomic E-state index is 12.6. The molecule has 0 saturated carbocycles. The molecule has 1 atom stereocenters. The van der Waals surface area contributed by atoms with Gasteiger partial charge >= 0.3 is 6.03 Å². The molecular formula is C18H23N5O2. The van der Waals surface area contributed by atoms with Crippen LogP contribution in [-0.4, -0.2) is 64.4 Å². The molecule has 25 heavy (non-hydrogen) atoms. The number of urea groups is 1. The average Bonchev–Trinajstić information content (AvgIpc) is 3.19. The molecule has 2 aromatic rings. The number of hydrogen-bond donors (Lipinski definition) is 2. The molecule has 7 heteroatoms. The first-order valence-corrected chi connectivity index (χ1v) is 8.78. The third-order valence-corrected chi connectivity index (χ3v) is 5.33. The van der Waals surface area contributed by atoms with Gasteiger partial charge in [-0.25, -0.2) is 9.78 Å². The summed E-state index contributed by atoms with van der Waals surface area (Å²) in [5, 5.41) is 2.74. The third kappa shape index (κ3) is 2.83. The van der Waals surface area contributed by atoms with Gasteiger partial charge in [-0.05, 0) is 31.4 Å². The van der Waals surface area contributed by atoms with Crippen LogP contribution in [0, 0.1) is 6.92 Å². The number of aryl methyl sites for hydroxylation is 1. The predicted molar refractivity (Wildman–Crippen MR) is 94.3 cm³/mol. The number of aromatic nitrogens is 2. The van der Waals surface area contributed by atoms with Crippen molar-refractivity contribution in [1.82, 2.24) is 25.1 Å². The summed E-state index contributed by atoms with van der Waals surface area (Å²) >= 11 is 0. The topological polar surface area (TPSA) is 81.3 Å². The van der Waals surface area contributed by atoms with Crippen molar-refractivity contribution in [2.24, 2.45) is 0 Å². The van der Waals surface area contributed by atoms with Crippen LogP contribution in [-0.2, 0) is 4.79 Å². The number of piperidine rings is 1. The first-order valence-electron chi connectivity index (χ1n) is 8.78. The summed E-state index contributed by atoms with van der Waals surface area (Å²) in [6, 6.07) is 5.57. The number of nitrogens with zero attached hydrogens (tertiary/aromatic N) is 3. The number of likely N-dealkylation sites (tertiary alicyclic amines) is 1. The zero-order chi connectivity index (χ0) is 17.6. The Kier molecular flexibility index (Phi) is 3.86. The molecule has 3 amide bonds. The Bertz CT molecular complexity index is 822. The second kappa shape index (κ2) is 6.06. The molecule has 7 nitrogen and oxygen atoms in total. The number of nitrogens with one attached hydrogen (secondary N) is 2. The Morgan fingerprint density at radius 2 is 2.04 bits per heavy atom. The van der Waals surface area contributed by atoms with Crippen LogP contribution in [0.5, 0.6) is 0 Å². The summed E-state index contributed by atoms with van der Waals surface area (Å²) in [4.78, 5) is 35.8. The van der Waals surface area contributed by atoms with E-state index in [2.05, 4.69) is 29.4 Å². The van der Waals surface area contributed by atoms with Crippen LogP contribution in [0.15, 0.2) is 18.2 Å². The van der Waals surface area contributed by atoms with Gasteiger partial charge in [-0.3, -0.25) is 4.79 Å². The van der Waals surface area contributed by atoms with Gasteiger partial charge in [0.1, 0.15) is 11.9 Å². The normalized spacial score (nSPS) is 21.8. The number of carbonyl (C=O) groups excluding carboxylic acids is 2. The van der Waals surface area contributed by atoms with Crippen molar-refractivity contribution < 1.29 is 9.59 Å². The minimum absolute atomic E-state index is 0.0246. The lowest BCUT2D eigenvalue weighted by Gasteiger charge is -2.32. The maximum absolute atomic E-state index is 12.6. The van der Waals surface area contributed by atoms with E-state index in [0.717, 1.165) is 29.7 Å². The van der Waals surface area contributed by atoms with Crippen molar-refractivity contribution in [2.75, 3.05) is 26.7 Å². The quantitative estimate of drug-likeness (QED) is 0.870. The van der Waals surface area contributed by atoms with E-state index in [0.29, 0.717) is 25.6 Å². The first kappa shape index (κ1) is 15.9. The molecule has 2 saturated heterocycles. The van der Waals surface area contributed by atoms with Gasteiger partial charge in [-0.15, -0.1) is 0 Å². The van der Waals surface area contributed by atoms with Gasteiger partial charge in [0.25, 0.3) is 0 Å². The number of hydrogen-bond acceptors (Lipinski definition) is 3. The summed E-state index contributed by atoms with van der Waals surface area (Å²) in [5.74, 6) is 1.39. The number of benzene rings is 1. The molecule has 4 rings (SSSR count). The standard InChI is InChI=1S/C18H23N5O2/c1-11-4-3-5-13-15(11)21-16(19-13)12-6-8-23(9-7-12)17(24)14-10-22(2)18(25)20-14/h3-5,12,14H,6-10H2,1-2H3,(H,19,21)(H,20,25)/t14-/m0/s1. The molecule has 1 aromatic carbocycles. The lowest BCUT2D eigenvalue weighted by Crippen LogP contribution is -2.48. The monoisotopic (exact) mass is 341 g/mol. The highest BCUT2D eigenvalue weighted by Crippen LogP contribution is 2.29. The number of carbonyl (C=O) groups is 2. The number of H-pyrrole nitrogens is 1. The van der Waals surface area contributed by atoms with Crippen LogP contribution in [0.3, 0.4) is 0 Å². The van der Waals surface area contributed by atoms with Crippen molar-refractivity contribution in [3.8, 4) is 0 Å². The Balaban J connectivity index is 1.41. The number of para-hydroxylation sites is 1. The molecule has 2 aliphatic heterocycles. The van der Waals surface area contributed by atoms with Crippen LogP contribution in [0.4, 0.5) is 4.79 Å². The van der Waals surface area contributed by atoms with Gasteiger partial charge in [0.2, 0.25) is 5.91 Å². The van der Waals surface area contributed by atoms with E-state index in [-0.39, 0.29) is 11.9 Å². The molecule has 132 valence electrons. The number of rotatable bonds is 2. The molecule has 0 spiro atoms. The molecule has 0 aliphatic carbocycles. The first-order chi connectivity index (χ1) is 12.0. The Labute approximate surface area is 146 Å². The number of imidazole rings is 1. The highest BCUT2D eigenvalue weighted by molar-refractivity contribution is 5.90. The highest BCUT2D eigenvalue weighted by Gasteiger charge is 2.35. The molecule has 2 N–H and O–H groups in total. The summed E-state index contributed by atoms with van der Waals surface area (Å²) < 4.78 is 0. The number of fused-ring (bicyclic) bond motifs is 1. The lowest BCUT2D eigenvalue weighted by atomic mass is 9.95. The van der Waals surface area contributed by atoms with Gasteiger partial charge in [-0.1, -0.05) is 12.1 Å². The van der Waals surface area contributed by atoms with Crippen molar-refractivity contribution in [2.45, 2.75) is 31.7 Å². The van der Waals surface area contributed by atoms with Gasteiger partial charge in [0.15, 0.2) is 0 Å². The molecule has 0 radical (unpaired) electrons. The van der Waals surface area contributed by atoms with Gasteiger partial charge < -0.3 is 20.1 Å². The zero-order valence-corrected chi connectivity index (χ0v) is 14.6. The molecule has 0 bridgehead atoms. The fourth-order valence-electron chi connectivity index (χ4n) is 3.78. The Morgan fingerprint density at radius 3 is 2.68 bits per heavy atom. The van der Waals surface area contributed by atoms with Crippen molar-refractivity contribution in [1.29, 1.82) is 0 Å². The Hall–Kier alpha value is -2.57. The molecule has 2 fully saturated rings. The smallest absolute Gasteiger partial charge is 0.317 e. The van der Waals surface area contributed by atoms with E-state index in [1.165, 1.54) is 5.56 Å². The second-order valence-electron chi connectivity index (χ2n) is 7.08. The van der Waals surface area contributed by atoms with Crippen LogP contribution >= 0.6 is 0 Å². The predicted octanol–water partition coefficient (Wildman–Crippen LogP) is 1.60. The SMILES string of the molecule is Cc1cccc2[nH]c(C3CCN(C(=O)[C@@H]4CN(C)C(=O)N4)CC3)nc12. The van der Waals surface area contributed by atoms with Crippen molar-refractivity contribution >= 4 is 23.0 Å².